The highest BCUT2D eigenvalue weighted by molar-refractivity contribution is 9.11. The van der Waals surface area contributed by atoms with Crippen LogP contribution >= 0.6 is 31.9 Å². The molecule has 0 aliphatic carbocycles. The first kappa shape index (κ1) is 14.7. The molecule has 0 unspecified atom stereocenters. The molecule has 20 heavy (non-hydrogen) atoms. The maximum atomic E-state index is 11.8. The Hall–Kier alpha value is -1.74. The predicted octanol–water partition coefficient (Wildman–Crippen LogP) is 2.96. The van der Waals surface area contributed by atoms with Crippen molar-refractivity contribution >= 4 is 49.3 Å². The van der Waals surface area contributed by atoms with Crippen molar-refractivity contribution in [1.29, 1.82) is 0 Å². The van der Waals surface area contributed by atoms with Crippen LogP contribution in [0.4, 0.5) is 11.5 Å². The van der Waals surface area contributed by atoms with E-state index in [-0.39, 0.29) is 18.3 Å². The van der Waals surface area contributed by atoms with E-state index in [2.05, 4.69) is 42.3 Å². The molecule has 1 heterocycles. The molecule has 9 heteroatoms. The number of aromatic nitrogens is 2. The molecule has 0 aliphatic heterocycles. The summed E-state index contributed by atoms with van der Waals surface area (Å²) in [6.45, 7) is -0.104. The molecule has 2 rings (SSSR count). The molecular formula is C11H8Br2N4O3. The molecule has 1 aromatic heterocycles. The maximum absolute atomic E-state index is 11.8. The number of rotatable bonds is 4. The lowest BCUT2D eigenvalue weighted by Gasteiger charge is -2.06. The molecule has 0 aliphatic rings. The maximum Gasteiger partial charge on any atom is 0.389 e. The van der Waals surface area contributed by atoms with E-state index in [1.54, 1.807) is 12.1 Å². The Bertz CT molecular complexity index is 671. The standard InChI is InChI=1S/C11H8Br2N4O3/c12-7-1-2-8(13)9(5-7)14-11(18)6-16-4-3-10(15-16)17(19)20/h1-5H,6H2,(H,14,18). The van der Waals surface area contributed by atoms with Gasteiger partial charge in [-0.3, -0.25) is 4.79 Å². The lowest BCUT2D eigenvalue weighted by Crippen LogP contribution is -2.19. The highest BCUT2D eigenvalue weighted by atomic mass is 79.9. The van der Waals surface area contributed by atoms with Crippen LogP contribution in [0.25, 0.3) is 0 Å². The summed E-state index contributed by atoms with van der Waals surface area (Å²) < 4.78 is 2.77. The highest BCUT2D eigenvalue weighted by Gasteiger charge is 2.14. The van der Waals surface area contributed by atoms with Crippen molar-refractivity contribution in [2.24, 2.45) is 0 Å². The number of amides is 1. The van der Waals surface area contributed by atoms with E-state index in [0.717, 1.165) is 8.95 Å². The summed E-state index contributed by atoms with van der Waals surface area (Å²) in [6.07, 6.45) is 1.38. The summed E-state index contributed by atoms with van der Waals surface area (Å²) in [5, 5.41) is 16.8. The van der Waals surface area contributed by atoms with E-state index >= 15 is 0 Å². The number of carbonyl (C=O) groups excluding carboxylic acids is 1. The number of hydrogen-bond acceptors (Lipinski definition) is 4. The van der Waals surface area contributed by atoms with Gasteiger partial charge in [-0.25, -0.2) is 0 Å². The van der Waals surface area contributed by atoms with Crippen LogP contribution in [0.2, 0.25) is 0 Å². The van der Waals surface area contributed by atoms with Crippen molar-refractivity contribution in [1.82, 2.24) is 9.78 Å². The van der Waals surface area contributed by atoms with Gasteiger partial charge in [-0.15, -0.1) is 0 Å². The molecule has 0 saturated carbocycles. The summed E-state index contributed by atoms with van der Waals surface area (Å²) in [6, 6.07) is 6.60. The quantitative estimate of drug-likeness (QED) is 0.627. The number of nitro groups is 1. The second-order valence-corrected chi connectivity index (χ2v) is 5.57. The zero-order valence-corrected chi connectivity index (χ0v) is 13.1. The van der Waals surface area contributed by atoms with Gasteiger partial charge in [0.25, 0.3) is 0 Å². The molecule has 7 nitrogen and oxygen atoms in total. The number of halogens is 2. The number of hydrogen-bond donors (Lipinski definition) is 1. The fourth-order valence-corrected chi connectivity index (χ4v) is 2.17. The van der Waals surface area contributed by atoms with Crippen molar-refractivity contribution < 1.29 is 9.72 Å². The third-order valence-electron chi connectivity index (χ3n) is 2.32. The van der Waals surface area contributed by atoms with Crippen LogP contribution < -0.4 is 5.32 Å². The Kier molecular flexibility index (Phi) is 4.50. The summed E-state index contributed by atoms with van der Waals surface area (Å²) in [5.41, 5.74) is 0.603. The van der Waals surface area contributed by atoms with Crippen molar-refractivity contribution in [2.45, 2.75) is 6.54 Å². The van der Waals surface area contributed by atoms with E-state index < -0.39 is 4.92 Å². The minimum absolute atomic E-state index is 0.104. The van der Waals surface area contributed by atoms with Gasteiger partial charge in [0.15, 0.2) is 0 Å². The number of anilines is 1. The van der Waals surface area contributed by atoms with Crippen molar-refractivity contribution in [2.75, 3.05) is 5.32 Å². The smallest absolute Gasteiger partial charge is 0.358 e. The lowest BCUT2D eigenvalue weighted by atomic mass is 10.3. The molecule has 0 spiro atoms. The first-order valence-electron chi connectivity index (χ1n) is 5.38. The van der Waals surface area contributed by atoms with E-state index in [1.807, 2.05) is 6.07 Å². The van der Waals surface area contributed by atoms with Crippen LogP contribution in [0.5, 0.6) is 0 Å². The monoisotopic (exact) mass is 402 g/mol. The fraction of sp³-hybridized carbons (Fsp3) is 0.0909. The Labute approximate surface area is 130 Å². The molecule has 1 N–H and O–H groups in total. The van der Waals surface area contributed by atoms with Gasteiger partial charge in [-0.2, -0.15) is 4.68 Å². The van der Waals surface area contributed by atoms with Crippen LogP contribution in [0.1, 0.15) is 0 Å². The Morgan fingerprint density at radius 1 is 1.40 bits per heavy atom. The van der Waals surface area contributed by atoms with Gasteiger partial charge in [0, 0.05) is 8.95 Å². The fourth-order valence-electron chi connectivity index (χ4n) is 1.47. The Morgan fingerprint density at radius 3 is 2.80 bits per heavy atom. The minimum Gasteiger partial charge on any atom is -0.358 e. The second kappa shape index (κ2) is 6.14. The number of nitrogens with one attached hydrogen (secondary N) is 1. The molecule has 1 aromatic carbocycles. The predicted molar refractivity (Wildman–Crippen MR) is 79.4 cm³/mol. The van der Waals surface area contributed by atoms with Gasteiger partial charge < -0.3 is 15.4 Å². The SMILES string of the molecule is O=C(Cn1ccc([N+](=O)[O-])n1)Nc1cc(Br)ccc1Br. The number of nitrogens with zero attached hydrogens (tertiary/aromatic N) is 3. The Morgan fingerprint density at radius 2 is 2.15 bits per heavy atom. The molecular weight excluding hydrogens is 396 g/mol. The average Bonchev–Trinajstić information content (AvgIpc) is 2.82. The number of carbonyl (C=O) groups is 1. The van der Waals surface area contributed by atoms with Gasteiger partial charge in [0.05, 0.1) is 23.0 Å². The van der Waals surface area contributed by atoms with Gasteiger partial charge >= 0.3 is 5.82 Å². The van der Waals surface area contributed by atoms with Crippen molar-refractivity contribution in [3.05, 3.63) is 49.5 Å². The minimum atomic E-state index is -0.612. The average molecular weight is 404 g/mol. The van der Waals surface area contributed by atoms with E-state index in [0.29, 0.717) is 5.69 Å². The van der Waals surface area contributed by atoms with Crippen LogP contribution in [0.3, 0.4) is 0 Å². The van der Waals surface area contributed by atoms with Crippen LogP contribution in [-0.4, -0.2) is 20.6 Å². The Balaban J connectivity index is 2.05. The third kappa shape index (κ3) is 3.64. The third-order valence-corrected chi connectivity index (χ3v) is 3.51. The van der Waals surface area contributed by atoms with Crippen molar-refractivity contribution in [3.8, 4) is 0 Å². The van der Waals surface area contributed by atoms with Crippen LogP contribution in [0.15, 0.2) is 39.4 Å². The molecule has 0 radical (unpaired) electrons. The molecule has 2 aromatic rings. The lowest BCUT2D eigenvalue weighted by molar-refractivity contribution is -0.389. The van der Waals surface area contributed by atoms with Gasteiger partial charge in [-0.1, -0.05) is 15.9 Å². The van der Waals surface area contributed by atoms with Crippen LogP contribution in [-0.2, 0) is 11.3 Å². The van der Waals surface area contributed by atoms with E-state index in [9.17, 15) is 14.9 Å². The summed E-state index contributed by atoms with van der Waals surface area (Å²) in [7, 11) is 0. The molecule has 104 valence electrons. The van der Waals surface area contributed by atoms with E-state index in [4.69, 9.17) is 0 Å². The molecule has 1 amide bonds. The summed E-state index contributed by atoms with van der Waals surface area (Å²) in [4.78, 5) is 21.7. The van der Waals surface area contributed by atoms with Crippen molar-refractivity contribution in [3.63, 3.8) is 0 Å². The first-order valence-corrected chi connectivity index (χ1v) is 6.97. The van der Waals surface area contributed by atoms with Gasteiger partial charge in [0.2, 0.25) is 5.91 Å². The molecule has 0 saturated heterocycles. The highest BCUT2D eigenvalue weighted by Crippen LogP contribution is 2.26. The molecule has 0 fully saturated rings. The molecule has 0 bridgehead atoms. The van der Waals surface area contributed by atoms with Gasteiger partial charge in [0.1, 0.15) is 6.54 Å². The zero-order chi connectivity index (χ0) is 14.7. The summed E-state index contributed by atoms with van der Waals surface area (Å²) in [5.74, 6) is -0.622. The second-order valence-electron chi connectivity index (χ2n) is 3.80. The molecule has 0 atom stereocenters. The topological polar surface area (TPSA) is 90.1 Å². The first-order chi connectivity index (χ1) is 9.45. The normalized spacial score (nSPS) is 10.3. The zero-order valence-electron chi connectivity index (χ0n) is 9.92. The van der Waals surface area contributed by atoms with Crippen LogP contribution in [0, 0.1) is 10.1 Å². The largest absolute Gasteiger partial charge is 0.389 e. The number of benzene rings is 1. The van der Waals surface area contributed by atoms with Gasteiger partial charge in [-0.05, 0) is 39.1 Å². The van der Waals surface area contributed by atoms with E-state index in [1.165, 1.54) is 16.9 Å². The summed E-state index contributed by atoms with van der Waals surface area (Å²) >= 11 is 6.63.